The van der Waals surface area contributed by atoms with Crippen molar-refractivity contribution in [2.45, 2.75) is 39.3 Å². The number of likely N-dealkylation sites (N-methyl/N-ethyl adjacent to an activating group) is 1. The van der Waals surface area contributed by atoms with Crippen LogP contribution in [-0.2, 0) is 4.79 Å². The molecule has 0 rings (SSSR count). The van der Waals surface area contributed by atoms with Crippen LogP contribution in [0.2, 0.25) is 0 Å². The number of hydrogen-bond donors (Lipinski definition) is 1. The number of aliphatic carboxylic acids is 1. The molecule has 76 valence electrons. The van der Waals surface area contributed by atoms with Crippen LogP contribution in [0.4, 0.5) is 0 Å². The molecule has 0 bridgehead atoms. The molecule has 0 radical (unpaired) electrons. The highest BCUT2D eigenvalue weighted by molar-refractivity contribution is 5.77. The third-order valence-corrected chi connectivity index (χ3v) is 2.41. The summed E-state index contributed by atoms with van der Waals surface area (Å²) in [5.74, 6) is -0.803. The molecule has 0 spiro atoms. The predicted octanol–water partition coefficient (Wildman–Crippen LogP) is 1.75. The van der Waals surface area contributed by atoms with Gasteiger partial charge in [0.1, 0.15) is 5.54 Å². The Balaban J connectivity index is 4.75. The molecule has 0 aromatic carbocycles. The predicted molar refractivity (Wildman–Crippen MR) is 53.8 cm³/mol. The Morgan fingerprint density at radius 1 is 1.69 bits per heavy atom. The van der Waals surface area contributed by atoms with E-state index in [0.29, 0.717) is 6.54 Å². The summed E-state index contributed by atoms with van der Waals surface area (Å²) in [5, 5.41) is 9.01. The lowest BCUT2D eigenvalue weighted by atomic mass is 10.0. The lowest BCUT2D eigenvalue weighted by molar-refractivity contribution is -0.150. The van der Waals surface area contributed by atoms with Crippen LogP contribution in [-0.4, -0.2) is 34.1 Å². The van der Waals surface area contributed by atoms with E-state index in [0.717, 1.165) is 0 Å². The molecular weight excluding hydrogens is 166 g/mol. The van der Waals surface area contributed by atoms with Crippen molar-refractivity contribution >= 4 is 5.97 Å². The van der Waals surface area contributed by atoms with E-state index >= 15 is 0 Å². The van der Waals surface area contributed by atoms with Crippen LogP contribution in [0.1, 0.15) is 27.7 Å². The molecule has 0 fully saturated rings. The Bertz CT molecular complexity index is 199. The van der Waals surface area contributed by atoms with E-state index in [1.54, 1.807) is 19.9 Å². The highest BCUT2D eigenvalue weighted by atomic mass is 16.4. The van der Waals surface area contributed by atoms with Crippen molar-refractivity contribution in [1.29, 1.82) is 0 Å². The van der Waals surface area contributed by atoms with E-state index in [2.05, 4.69) is 6.58 Å². The maximum atomic E-state index is 11.0. The average Bonchev–Trinajstić information content (AvgIpc) is 2.04. The first-order valence-corrected chi connectivity index (χ1v) is 4.50. The number of rotatable bonds is 5. The molecule has 0 saturated carbocycles. The van der Waals surface area contributed by atoms with E-state index in [1.165, 1.54) is 0 Å². The molecule has 0 saturated heterocycles. The van der Waals surface area contributed by atoms with Crippen LogP contribution in [0.3, 0.4) is 0 Å². The van der Waals surface area contributed by atoms with Crippen LogP contribution in [0.5, 0.6) is 0 Å². The molecule has 0 aliphatic rings. The van der Waals surface area contributed by atoms with E-state index in [-0.39, 0.29) is 6.04 Å². The van der Waals surface area contributed by atoms with Crippen molar-refractivity contribution in [3.05, 3.63) is 12.7 Å². The number of carboxylic acids is 1. The van der Waals surface area contributed by atoms with Gasteiger partial charge in [0, 0.05) is 6.04 Å². The monoisotopic (exact) mass is 185 g/mol. The normalized spacial score (nSPS) is 14.2. The average molecular weight is 185 g/mol. The minimum atomic E-state index is -0.831. The lowest BCUT2D eigenvalue weighted by Crippen LogP contribution is -2.53. The van der Waals surface area contributed by atoms with Crippen LogP contribution >= 0.6 is 0 Å². The Morgan fingerprint density at radius 3 is 2.38 bits per heavy atom. The first-order valence-electron chi connectivity index (χ1n) is 4.50. The quantitative estimate of drug-likeness (QED) is 0.663. The molecule has 0 aromatic heterocycles. The minimum Gasteiger partial charge on any atom is -0.480 e. The van der Waals surface area contributed by atoms with Crippen LogP contribution in [0.15, 0.2) is 12.7 Å². The Morgan fingerprint density at radius 2 is 2.15 bits per heavy atom. The smallest absolute Gasteiger partial charge is 0.323 e. The number of nitrogens with zero attached hydrogens (tertiary/aromatic N) is 1. The summed E-state index contributed by atoms with van der Waals surface area (Å²) in [4.78, 5) is 12.9. The van der Waals surface area contributed by atoms with E-state index in [1.807, 2.05) is 18.7 Å². The van der Waals surface area contributed by atoms with Crippen molar-refractivity contribution in [3.8, 4) is 0 Å². The molecule has 1 unspecified atom stereocenters. The summed E-state index contributed by atoms with van der Waals surface area (Å²) in [5.41, 5.74) is -0.831. The highest BCUT2D eigenvalue weighted by Crippen LogP contribution is 2.18. The van der Waals surface area contributed by atoms with E-state index < -0.39 is 11.5 Å². The highest BCUT2D eigenvalue weighted by Gasteiger charge is 2.35. The summed E-state index contributed by atoms with van der Waals surface area (Å²) < 4.78 is 0. The van der Waals surface area contributed by atoms with Crippen molar-refractivity contribution in [1.82, 2.24) is 4.90 Å². The summed E-state index contributed by atoms with van der Waals surface area (Å²) in [6.45, 7) is 11.7. The molecule has 0 amide bonds. The van der Waals surface area contributed by atoms with Gasteiger partial charge in [-0.15, -0.1) is 6.58 Å². The van der Waals surface area contributed by atoms with Crippen molar-refractivity contribution in [2.24, 2.45) is 0 Å². The second kappa shape index (κ2) is 4.42. The van der Waals surface area contributed by atoms with Crippen molar-refractivity contribution in [3.63, 3.8) is 0 Å². The van der Waals surface area contributed by atoms with Gasteiger partial charge in [-0.1, -0.05) is 13.0 Å². The van der Waals surface area contributed by atoms with Gasteiger partial charge in [-0.2, -0.15) is 0 Å². The number of hydrogen-bond acceptors (Lipinski definition) is 2. The standard InChI is InChI=1S/C10H19NO2/c1-6-8(3)11(7-2)10(4,5)9(12)13/h6,8H,1,7H2,2-5H3,(H,12,13). The molecular formula is C10H19NO2. The number of carboxylic acid groups (broad SMARTS) is 1. The van der Waals surface area contributed by atoms with Crippen LogP contribution in [0.25, 0.3) is 0 Å². The summed E-state index contributed by atoms with van der Waals surface area (Å²) in [7, 11) is 0. The summed E-state index contributed by atoms with van der Waals surface area (Å²) in [6.07, 6.45) is 1.76. The van der Waals surface area contributed by atoms with Gasteiger partial charge < -0.3 is 5.11 Å². The van der Waals surface area contributed by atoms with Gasteiger partial charge in [-0.05, 0) is 27.3 Å². The fourth-order valence-electron chi connectivity index (χ4n) is 1.44. The molecule has 0 aliphatic carbocycles. The van der Waals surface area contributed by atoms with Gasteiger partial charge in [0.25, 0.3) is 0 Å². The fourth-order valence-corrected chi connectivity index (χ4v) is 1.44. The fraction of sp³-hybridized carbons (Fsp3) is 0.700. The molecule has 0 heterocycles. The Labute approximate surface area is 80.0 Å². The van der Waals surface area contributed by atoms with Gasteiger partial charge in [0.2, 0.25) is 0 Å². The van der Waals surface area contributed by atoms with Gasteiger partial charge in [0.15, 0.2) is 0 Å². The van der Waals surface area contributed by atoms with Crippen molar-refractivity contribution < 1.29 is 9.90 Å². The summed E-state index contributed by atoms with van der Waals surface area (Å²) >= 11 is 0. The van der Waals surface area contributed by atoms with Gasteiger partial charge >= 0.3 is 5.97 Å². The SMILES string of the molecule is C=CC(C)N(CC)C(C)(C)C(=O)O. The van der Waals surface area contributed by atoms with Crippen molar-refractivity contribution in [2.75, 3.05) is 6.54 Å². The zero-order chi connectivity index (χ0) is 10.6. The van der Waals surface area contributed by atoms with E-state index in [9.17, 15) is 4.79 Å². The largest absolute Gasteiger partial charge is 0.480 e. The molecule has 3 heteroatoms. The zero-order valence-corrected chi connectivity index (χ0v) is 8.87. The minimum absolute atomic E-state index is 0.0797. The Hall–Kier alpha value is -0.830. The summed E-state index contributed by atoms with van der Waals surface area (Å²) in [6, 6.07) is 0.0797. The maximum absolute atomic E-state index is 11.0. The van der Waals surface area contributed by atoms with Gasteiger partial charge in [-0.25, -0.2) is 0 Å². The maximum Gasteiger partial charge on any atom is 0.323 e. The van der Waals surface area contributed by atoms with Crippen LogP contribution < -0.4 is 0 Å². The molecule has 0 aliphatic heterocycles. The zero-order valence-electron chi connectivity index (χ0n) is 8.87. The third-order valence-electron chi connectivity index (χ3n) is 2.41. The first-order chi connectivity index (χ1) is 5.87. The second-order valence-electron chi connectivity index (χ2n) is 3.63. The molecule has 1 atom stereocenters. The number of carbonyl (C=O) groups is 1. The Kier molecular flexibility index (Phi) is 4.14. The lowest BCUT2D eigenvalue weighted by Gasteiger charge is -2.37. The molecule has 13 heavy (non-hydrogen) atoms. The van der Waals surface area contributed by atoms with E-state index in [4.69, 9.17) is 5.11 Å². The molecule has 0 aromatic rings. The molecule has 3 nitrogen and oxygen atoms in total. The molecule has 1 N–H and O–H groups in total. The van der Waals surface area contributed by atoms with Gasteiger partial charge in [-0.3, -0.25) is 9.69 Å². The second-order valence-corrected chi connectivity index (χ2v) is 3.63. The topological polar surface area (TPSA) is 40.5 Å². The first kappa shape index (κ1) is 12.2. The van der Waals surface area contributed by atoms with Gasteiger partial charge in [0.05, 0.1) is 0 Å². The third kappa shape index (κ3) is 2.56. The van der Waals surface area contributed by atoms with Crippen LogP contribution in [0, 0.1) is 0 Å².